The van der Waals surface area contributed by atoms with Gasteiger partial charge >= 0.3 is 0 Å². The minimum Gasteiger partial charge on any atom is -0.491 e. The Morgan fingerprint density at radius 3 is 1.55 bits per heavy atom. The minimum absolute atomic E-state index is 0.626. The van der Waals surface area contributed by atoms with Crippen molar-refractivity contribution >= 4 is 53.7 Å². The second-order valence-electron chi connectivity index (χ2n) is 7.28. The molecule has 0 atom stereocenters. The molecule has 0 spiro atoms. The molecule has 0 radical (unpaired) electrons. The zero-order chi connectivity index (χ0) is 21.8. The van der Waals surface area contributed by atoms with E-state index in [2.05, 4.69) is 51.8 Å². The number of rotatable bonds is 8. The maximum Gasteiger partial charge on any atom is 0.146 e. The number of hydrogen-bond acceptors (Lipinski definition) is 6. The Morgan fingerprint density at radius 1 is 0.645 bits per heavy atom. The molecule has 2 aromatic heterocycles. The van der Waals surface area contributed by atoms with E-state index in [0.717, 1.165) is 72.9 Å². The van der Waals surface area contributed by atoms with Gasteiger partial charge in [-0.3, -0.25) is 0 Å². The van der Waals surface area contributed by atoms with Gasteiger partial charge in [-0.05, 0) is 57.4 Å². The van der Waals surface area contributed by atoms with Crippen molar-refractivity contribution < 1.29 is 9.47 Å². The van der Waals surface area contributed by atoms with Crippen LogP contribution in [0.1, 0.15) is 30.7 Å². The summed E-state index contributed by atoms with van der Waals surface area (Å²) in [5.41, 5.74) is 3.57. The molecular weight excluding hydrogens is 524 g/mol. The van der Waals surface area contributed by atoms with Gasteiger partial charge in [-0.25, -0.2) is 19.9 Å². The highest BCUT2D eigenvalue weighted by Gasteiger charge is 2.10. The van der Waals surface area contributed by atoms with E-state index in [9.17, 15) is 0 Å². The number of aromatic nitrogens is 4. The molecule has 0 aliphatic carbocycles. The van der Waals surface area contributed by atoms with Crippen molar-refractivity contribution in [2.45, 2.75) is 33.1 Å². The summed E-state index contributed by atoms with van der Waals surface area (Å²) in [4.78, 5) is 17.3. The summed E-state index contributed by atoms with van der Waals surface area (Å²) in [5, 5.41) is 2.00. The van der Waals surface area contributed by atoms with Gasteiger partial charge in [0, 0.05) is 31.1 Å². The second-order valence-corrected chi connectivity index (χ2v) is 9.11. The topological polar surface area (TPSA) is 70.0 Å². The number of halogens is 2. The monoisotopic (exact) mass is 544 g/mol. The van der Waals surface area contributed by atoms with Gasteiger partial charge in [0.05, 0.1) is 13.2 Å². The first-order valence-corrected chi connectivity index (χ1v) is 11.7. The minimum atomic E-state index is 0.626. The lowest BCUT2D eigenvalue weighted by molar-refractivity contribution is 0.282. The molecule has 0 aliphatic rings. The highest BCUT2D eigenvalue weighted by atomic mass is 79.9. The van der Waals surface area contributed by atoms with Crippen LogP contribution in [0.25, 0.3) is 21.8 Å². The SMILES string of the molecule is Cc1ncnc2c(OCCCCCOc3cc(Br)cc4c(C)ncnc34)cc(Br)cc12. The summed E-state index contributed by atoms with van der Waals surface area (Å²) in [6.45, 7) is 5.20. The lowest BCUT2D eigenvalue weighted by atomic mass is 10.2. The fourth-order valence-corrected chi connectivity index (χ4v) is 4.29. The second kappa shape index (κ2) is 9.87. The Bertz CT molecular complexity index is 1140. The van der Waals surface area contributed by atoms with Crippen LogP contribution in [0.15, 0.2) is 45.9 Å². The van der Waals surface area contributed by atoms with Crippen LogP contribution < -0.4 is 9.47 Å². The van der Waals surface area contributed by atoms with Crippen LogP contribution in [0.4, 0.5) is 0 Å². The molecule has 0 aliphatic heterocycles. The summed E-state index contributed by atoms with van der Waals surface area (Å²) in [7, 11) is 0. The largest absolute Gasteiger partial charge is 0.491 e. The van der Waals surface area contributed by atoms with E-state index in [1.54, 1.807) is 12.7 Å². The molecule has 160 valence electrons. The lowest BCUT2D eigenvalue weighted by Crippen LogP contribution is -2.03. The highest BCUT2D eigenvalue weighted by Crippen LogP contribution is 2.31. The van der Waals surface area contributed by atoms with E-state index in [0.29, 0.717) is 13.2 Å². The van der Waals surface area contributed by atoms with Gasteiger partial charge in [-0.15, -0.1) is 0 Å². The molecule has 6 nitrogen and oxygen atoms in total. The molecule has 0 unspecified atom stereocenters. The number of nitrogens with zero attached hydrogens (tertiary/aromatic N) is 4. The normalized spacial score (nSPS) is 11.2. The fraction of sp³-hybridized carbons (Fsp3) is 0.304. The van der Waals surface area contributed by atoms with Gasteiger partial charge in [0.1, 0.15) is 35.2 Å². The molecule has 0 saturated heterocycles. The molecule has 2 heterocycles. The Kier molecular flexibility index (Phi) is 6.97. The summed E-state index contributed by atoms with van der Waals surface area (Å²) in [5.74, 6) is 1.56. The van der Waals surface area contributed by atoms with Crippen molar-refractivity contribution in [3.05, 3.63) is 57.3 Å². The van der Waals surface area contributed by atoms with Gasteiger partial charge in [0.25, 0.3) is 0 Å². The van der Waals surface area contributed by atoms with E-state index in [1.807, 2.05) is 38.1 Å². The third-order valence-electron chi connectivity index (χ3n) is 5.04. The maximum absolute atomic E-state index is 6.02. The van der Waals surface area contributed by atoms with Crippen molar-refractivity contribution in [1.29, 1.82) is 0 Å². The number of hydrogen-bond donors (Lipinski definition) is 0. The first-order valence-electron chi connectivity index (χ1n) is 10.1. The van der Waals surface area contributed by atoms with E-state index in [1.165, 1.54) is 0 Å². The standard InChI is InChI=1S/C23H22Br2N4O2/c1-14-18-8-16(24)10-20(22(18)28-12-26-14)30-6-4-3-5-7-31-21-11-17(25)9-19-15(2)27-13-29-23(19)21/h8-13H,3-7H2,1-2H3. The molecule has 2 aromatic carbocycles. The van der Waals surface area contributed by atoms with Crippen LogP contribution in [0.3, 0.4) is 0 Å². The van der Waals surface area contributed by atoms with Crippen molar-refractivity contribution in [3.8, 4) is 11.5 Å². The molecule has 4 aromatic rings. The summed E-state index contributed by atoms with van der Waals surface area (Å²) < 4.78 is 14.0. The third-order valence-corrected chi connectivity index (χ3v) is 5.95. The first-order chi connectivity index (χ1) is 15.0. The van der Waals surface area contributed by atoms with E-state index in [4.69, 9.17) is 9.47 Å². The Labute approximate surface area is 197 Å². The highest BCUT2D eigenvalue weighted by molar-refractivity contribution is 9.10. The zero-order valence-corrected chi connectivity index (χ0v) is 20.5. The summed E-state index contributed by atoms with van der Waals surface area (Å²) in [6, 6.07) is 7.96. The molecule has 0 bridgehead atoms. The van der Waals surface area contributed by atoms with Crippen molar-refractivity contribution in [1.82, 2.24) is 19.9 Å². The number of fused-ring (bicyclic) bond motifs is 2. The predicted molar refractivity (Wildman–Crippen MR) is 129 cm³/mol. The molecule has 8 heteroatoms. The molecule has 0 amide bonds. The number of aryl methyl sites for hydroxylation is 2. The number of ether oxygens (including phenoxy) is 2. The van der Waals surface area contributed by atoms with Crippen LogP contribution >= 0.6 is 31.9 Å². The number of benzene rings is 2. The molecular formula is C23H22Br2N4O2. The third kappa shape index (κ3) is 5.13. The quantitative estimate of drug-likeness (QED) is 0.240. The van der Waals surface area contributed by atoms with Crippen molar-refractivity contribution in [2.24, 2.45) is 0 Å². The van der Waals surface area contributed by atoms with Gasteiger partial charge in [-0.1, -0.05) is 31.9 Å². The molecule has 0 fully saturated rings. The smallest absolute Gasteiger partial charge is 0.146 e. The van der Waals surface area contributed by atoms with Crippen molar-refractivity contribution in [3.63, 3.8) is 0 Å². The average molecular weight is 546 g/mol. The van der Waals surface area contributed by atoms with Crippen LogP contribution in [-0.2, 0) is 0 Å². The zero-order valence-electron chi connectivity index (χ0n) is 17.4. The predicted octanol–water partition coefficient (Wildman–Crippen LogP) is 6.34. The fourth-order valence-electron chi connectivity index (χ4n) is 3.42. The van der Waals surface area contributed by atoms with E-state index < -0.39 is 0 Å². The van der Waals surface area contributed by atoms with E-state index >= 15 is 0 Å². The van der Waals surface area contributed by atoms with Crippen LogP contribution in [-0.4, -0.2) is 33.1 Å². The summed E-state index contributed by atoms with van der Waals surface area (Å²) in [6.07, 6.45) is 6.02. The Hall–Kier alpha value is -2.32. The van der Waals surface area contributed by atoms with Crippen LogP contribution in [0, 0.1) is 13.8 Å². The van der Waals surface area contributed by atoms with Gasteiger partial charge in [0.2, 0.25) is 0 Å². The molecule has 0 saturated carbocycles. The van der Waals surface area contributed by atoms with Crippen molar-refractivity contribution in [2.75, 3.05) is 13.2 Å². The van der Waals surface area contributed by atoms with E-state index in [-0.39, 0.29) is 0 Å². The van der Waals surface area contributed by atoms with Gasteiger partial charge in [0.15, 0.2) is 0 Å². The van der Waals surface area contributed by atoms with Crippen LogP contribution in [0.2, 0.25) is 0 Å². The number of unbranched alkanes of at least 4 members (excludes halogenated alkanes) is 2. The first kappa shape index (κ1) is 21.9. The lowest BCUT2D eigenvalue weighted by Gasteiger charge is -2.11. The summed E-state index contributed by atoms with van der Waals surface area (Å²) >= 11 is 7.09. The van der Waals surface area contributed by atoms with Gasteiger partial charge in [-0.2, -0.15) is 0 Å². The average Bonchev–Trinajstić information content (AvgIpc) is 2.74. The molecule has 4 rings (SSSR count). The Morgan fingerprint density at radius 2 is 1.10 bits per heavy atom. The molecule has 31 heavy (non-hydrogen) atoms. The van der Waals surface area contributed by atoms with Gasteiger partial charge < -0.3 is 9.47 Å². The maximum atomic E-state index is 6.02. The Balaban J connectivity index is 1.29. The molecule has 0 N–H and O–H groups in total. The van der Waals surface area contributed by atoms with Crippen LogP contribution in [0.5, 0.6) is 11.5 Å².